The number of aliphatic imine (C=N–C) groups is 1. The van der Waals surface area contributed by atoms with Gasteiger partial charge in [0, 0.05) is 64.4 Å². The number of imidazole rings is 1. The van der Waals surface area contributed by atoms with Gasteiger partial charge in [0.15, 0.2) is 5.96 Å². The number of halogens is 1. The van der Waals surface area contributed by atoms with Crippen LogP contribution in [0.3, 0.4) is 0 Å². The molecule has 1 N–H and O–H groups in total. The SMILES string of the molecule is CCNC(=NCCc1nccn1Cc1ccccc1)N(C)Cc1cccn1C.I. The van der Waals surface area contributed by atoms with Crippen LogP contribution in [0.2, 0.25) is 0 Å². The fraction of sp³-hybridized carbons (Fsp3) is 0.364. The van der Waals surface area contributed by atoms with Gasteiger partial charge in [-0.25, -0.2) is 4.98 Å². The molecule has 1 aromatic carbocycles. The van der Waals surface area contributed by atoms with Gasteiger partial charge in [0.25, 0.3) is 0 Å². The molecule has 0 saturated heterocycles. The fourth-order valence-corrected chi connectivity index (χ4v) is 3.20. The quantitative estimate of drug-likeness (QED) is 0.289. The molecule has 29 heavy (non-hydrogen) atoms. The number of benzene rings is 1. The summed E-state index contributed by atoms with van der Waals surface area (Å²) in [6.07, 6.45) is 6.79. The first-order valence-electron chi connectivity index (χ1n) is 9.81. The number of hydrogen-bond donors (Lipinski definition) is 1. The minimum absolute atomic E-state index is 0. The van der Waals surface area contributed by atoms with Gasteiger partial charge in [-0.2, -0.15) is 0 Å². The van der Waals surface area contributed by atoms with Crippen LogP contribution in [0.25, 0.3) is 0 Å². The molecular weight excluding hydrogens is 475 g/mol. The smallest absolute Gasteiger partial charge is 0.194 e. The summed E-state index contributed by atoms with van der Waals surface area (Å²) in [4.78, 5) is 11.5. The Labute approximate surface area is 190 Å². The van der Waals surface area contributed by atoms with E-state index in [2.05, 4.69) is 87.9 Å². The minimum atomic E-state index is 0. The third-order valence-electron chi connectivity index (χ3n) is 4.74. The summed E-state index contributed by atoms with van der Waals surface area (Å²) in [5.41, 5.74) is 2.53. The molecule has 2 aromatic heterocycles. The van der Waals surface area contributed by atoms with Gasteiger partial charge in [0.1, 0.15) is 5.82 Å². The van der Waals surface area contributed by atoms with Crippen LogP contribution >= 0.6 is 24.0 Å². The van der Waals surface area contributed by atoms with Crippen LogP contribution < -0.4 is 5.32 Å². The number of guanidine groups is 1. The standard InChI is InChI=1S/C22H30N6.HI/c1-4-23-22(27(3)18-20-11-8-15-26(20)2)25-13-12-21-24-14-16-28(21)17-19-9-6-5-7-10-19;/h5-11,14-16H,4,12-13,17-18H2,1-3H3,(H,23,25);1H. The molecule has 0 aliphatic rings. The molecule has 156 valence electrons. The van der Waals surface area contributed by atoms with Crippen molar-refractivity contribution in [3.05, 3.63) is 78.1 Å². The van der Waals surface area contributed by atoms with E-state index in [9.17, 15) is 0 Å². The van der Waals surface area contributed by atoms with E-state index in [1.54, 1.807) is 0 Å². The average molecular weight is 506 g/mol. The Bertz CT molecular complexity index is 884. The van der Waals surface area contributed by atoms with E-state index in [1.165, 1.54) is 11.3 Å². The zero-order chi connectivity index (χ0) is 19.8. The van der Waals surface area contributed by atoms with Crippen LogP contribution in [0.5, 0.6) is 0 Å². The number of rotatable bonds is 8. The summed E-state index contributed by atoms with van der Waals surface area (Å²) in [6.45, 7) is 5.30. The first-order chi connectivity index (χ1) is 13.7. The van der Waals surface area contributed by atoms with Crippen LogP contribution in [-0.2, 0) is 26.6 Å². The van der Waals surface area contributed by atoms with Crippen LogP contribution in [0.4, 0.5) is 0 Å². The van der Waals surface area contributed by atoms with Crippen LogP contribution in [0, 0.1) is 0 Å². The van der Waals surface area contributed by atoms with Crippen molar-refractivity contribution in [2.24, 2.45) is 12.0 Å². The molecule has 0 amide bonds. The van der Waals surface area contributed by atoms with E-state index < -0.39 is 0 Å². The first-order valence-corrected chi connectivity index (χ1v) is 9.81. The topological polar surface area (TPSA) is 50.4 Å². The second-order valence-electron chi connectivity index (χ2n) is 6.91. The van der Waals surface area contributed by atoms with Crippen molar-refractivity contribution >= 4 is 29.9 Å². The van der Waals surface area contributed by atoms with Gasteiger partial charge in [0.2, 0.25) is 0 Å². The van der Waals surface area contributed by atoms with Crippen molar-refractivity contribution in [3.8, 4) is 0 Å². The lowest BCUT2D eigenvalue weighted by Gasteiger charge is -2.22. The van der Waals surface area contributed by atoms with Gasteiger partial charge >= 0.3 is 0 Å². The Balaban J connectivity index is 0.00000300. The van der Waals surface area contributed by atoms with Crippen LogP contribution in [0.15, 0.2) is 66.0 Å². The molecule has 2 heterocycles. The van der Waals surface area contributed by atoms with E-state index in [1.807, 2.05) is 18.5 Å². The minimum Gasteiger partial charge on any atom is -0.357 e. The summed E-state index contributed by atoms with van der Waals surface area (Å²) in [5, 5.41) is 3.39. The summed E-state index contributed by atoms with van der Waals surface area (Å²) < 4.78 is 4.34. The molecule has 6 nitrogen and oxygen atoms in total. The number of aryl methyl sites for hydroxylation is 1. The summed E-state index contributed by atoms with van der Waals surface area (Å²) in [7, 11) is 4.14. The maximum absolute atomic E-state index is 4.82. The molecule has 0 unspecified atom stereocenters. The maximum Gasteiger partial charge on any atom is 0.194 e. The molecule has 3 aromatic rings. The van der Waals surface area contributed by atoms with Gasteiger partial charge in [0.05, 0.1) is 6.54 Å². The fourth-order valence-electron chi connectivity index (χ4n) is 3.20. The highest BCUT2D eigenvalue weighted by molar-refractivity contribution is 14.0. The van der Waals surface area contributed by atoms with E-state index in [0.29, 0.717) is 6.54 Å². The van der Waals surface area contributed by atoms with Gasteiger partial charge in [-0.1, -0.05) is 30.3 Å². The molecule has 0 aliphatic carbocycles. The lowest BCUT2D eigenvalue weighted by Crippen LogP contribution is -2.39. The van der Waals surface area contributed by atoms with Crippen molar-refractivity contribution < 1.29 is 0 Å². The molecule has 0 aliphatic heterocycles. The lowest BCUT2D eigenvalue weighted by molar-refractivity contribution is 0.462. The number of aromatic nitrogens is 3. The van der Waals surface area contributed by atoms with Crippen molar-refractivity contribution in [1.29, 1.82) is 0 Å². The third kappa shape index (κ3) is 6.62. The zero-order valence-corrected chi connectivity index (χ0v) is 19.8. The molecule has 0 bridgehead atoms. The maximum atomic E-state index is 4.82. The summed E-state index contributed by atoms with van der Waals surface area (Å²) in [5.74, 6) is 1.98. The number of nitrogens with one attached hydrogen (secondary N) is 1. The number of hydrogen-bond acceptors (Lipinski definition) is 2. The third-order valence-corrected chi connectivity index (χ3v) is 4.74. The van der Waals surface area contributed by atoms with E-state index >= 15 is 0 Å². The molecule has 0 saturated carbocycles. The Hall–Kier alpha value is -2.29. The van der Waals surface area contributed by atoms with Gasteiger partial charge in [-0.3, -0.25) is 4.99 Å². The summed E-state index contributed by atoms with van der Waals surface area (Å²) >= 11 is 0. The van der Waals surface area contributed by atoms with Crippen LogP contribution in [-0.4, -0.2) is 45.1 Å². The van der Waals surface area contributed by atoms with E-state index in [4.69, 9.17) is 4.99 Å². The highest BCUT2D eigenvalue weighted by Crippen LogP contribution is 2.07. The molecule has 7 heteroatoms. The van der Waals surface area contributed by atoms with Crippen molar-refractivity contribution in [3.63, 3.8) is 0 Å². The highest BCUT2D eigenvalue weighted by atomic mass is 127. The molecule has 3 rings (SSSR count). The predicted octanol–water partition coefficient (Wildman–Crippen LogP) is 3.53. The van der Waals surface area contributed by atoms with Crippen LogP contribution in [0.1, 0.15) is 24.0 Å². The zero-order valence-electron chi connectivity index (χ0n) is 17.5. The van der Waals surface area contributed by atoms with Gasteiger partial charge in [-0.05, 0) is 24.6 Å². The second kappa shape index (κ2) is 11.6. The Morgan fingerprint density at radius 2 is 1.93 bits per heavy atom. The Morgan fingerprint density at radius 1 is 1.14 bits per heavy atom. The largest absolute Gasteiger partial charge is 0.357 e. The van der Waals surface area contributed by atoms with E-state index in [0.717, 1.165) is 37.8 Å². The van der Waals surface area contributed by atoms with E-state index in [-0.39, 0.29) is 24.0 Å². The lowest BCUT2D eigenvalue weighted by atomic mass is 10.2. The first kappa shape index (κ1) is 23.0. The summed E-state index contributed by atoms with van der Waals surface area (Å²) in [6, 6.07) is 14.7. The number of nitrogens with zero attached hydrogens (tertiary/aromatic N) is 5. The molecule has 0 spiro atoms. The van der Waals surface area contributed by atoms with Gasteiger partial charge < -0.3 is 19.4 Å². The molecular formula is C22H31IN6. The monoisotopic (exact) mass is 506 g/mol. The van der Waals surface area contributed by atoms with Crippen molar-refractivity contribution in [2.75, 3.05) is 20.1 Å². The predicted molar refractivity (Wildman–Crippen MR) is 130 cm³/mol. The normalized spacial score (nSPS) is 11.2. The molecule has 0 atom stereocenters. The molecule has 0 fully saturated rings. The Kier molecular flexibility index (Phi) is 9.24. The molecule has 0 radical (unpaired) electrons. The average Bonchev–Trinajstić information content (AvgIpc) is 3.31. The second-order valence-corrected chi connectivity index (χ2v) is 6.91. The van der Waals surface area contributed by atoms with Gasteiger partial charge in [-0.15, -0.1) is 24.0 Å². The highest BCUT2D eigenvalue weighted by Gasteiger charge is 2.09. The Morgan fingerprint density at radius 3 is 2.62 bits per heavy atom. The van der Waals surface area contributed by atoms with Crippen molar-refractivity contribution in [2.45, 2.75) is 26.4 Å². The van der Waals surface area contributed by atoms with Crippen molar-refractivity contribution in [1.82, 2.24) is 24.3 Å².